The van der Waals surface area contributed by atoms with Gasteiger partial charge in [-0.05, 0) is 72.4 Å². The summed E-state index contributed by atoms with van der Waals surface area (Å²) < 4.78 is 27.7. The fraction of sp³-hybridized carbons (Fsp3) is 0.182. The number of aryl methyl sites for hydroxylation is 3. The van der Waals surface area contributed by atoms with E-state index in [9.17, 15) is 8.42 Å². The predicted molar refractivity (Wildman–Crippen MR) is 108 cm³/mol. The highest BCUT2D eigenvalue weighted by Gasteiger charge is 2.15. The normalized spacial score (nSPS) is 11.3. The quantitative estimate of drug-likeness (QED) is 0.664. The molecule has 0 spiro atoms. The maximum atomic E-state index is 12.5. The molecule has 0 radical (unpaired) electrons. The van der Waals surface area contributed by atoms with E-state index in [0.717, 1.165) is 23.1 Å². The Morgan fingerprint density at radius 1 is 0.808 bits per heavy atom. The predicted octanol–water partition coefficient (Wildman–Crippen LogP) is 5.33. The van der Waals surface area contributed by atoms with Crippen LogP contribution in [0.3, 0.4) is 0 Å². The number of benzene rings is 3. The lowest BCUT2D eigenvalue weighted by Gasteiger charge is -2.13. The molecule has 0 aliphatic rings. The maximum absolute atomic E-state index is 12.5. The molecule has 4 heteroatoms. The van der Waals surface area contributed by atoms with Gasteiger partial charge >= 0.3 is 0 Å². The molecule has 0 heterocycles. The van der Waals surface area contributed by atoms with E-state index in [4.69, 9.17) is 0 Å². The summed E-state index contributed by atoms with van der Waals surface area (Å²) in [4.78, 5) is 0.259. The summed E-state index contributed by atoms with van der Waals surface area (Å²) >= 11 is 0. The molecular weight excluding hydrogens is 342 g/mol. The van der Waals surface area contributed by atoms with Crippen molar-refractivity contribution in [1.82, 2.24) is 0 Å². The van der Waals surface area contributed by atoms with Gasteiger partial charge in [0.2, 0.25) is 0 Å². The van der Waals surface area contributed by atoms with Crippen LogP contribution in [0.2, 0.25) is 0 Å². The van der Waals surface area contributed by atoms with Gasteiger partial charge in [-0.15, -0.1) is 0 Å². The molecular formula is C22H23NO2S. The molecule has 0 bridgehead atoms. The molecule has 0 atom stereocenters. The van der Waals surface area contributed by atoms with Gasteiger partial charge in [0, 0.05) is 0 Å². The van der Waals surface area contributed by atoms with Crippen LogP contribution >= 0.6 is 0 Å². The van der Waals surface area contributed by atoms with E-state index in [1.165, 1.54) is 11.1 Å². The molecule has 134 valence electrons. The Labute approximate surface area is 155 Å². The van der Waals surface area contributed by atoms with E-state index in [1.807, 2.05) is 25.1 Å². The molecule has 3 aromatic carbocycles. The Kier molecular flexibility index (Phi) is 5.14. The maximum Gasteiger partial charge on any atom is 0.261 e. The van der Waals surface area contributed by atoms with Crippen molar-refractivity contribution in [3.63, 3.8) is 0 Å². The van der Waals surface area contributed by atoms with Crippen LogP contribution < -0.4 is 4.72 Å². The molecule has 1 N–H and O–H groups in total. The summed E-state index contributed by atoms with van der Waals surface area (Å²) in [5, 5.41) is 0. The van der Waals surface area contributed by atoms with Crippen LogP contribution in [0.4, 0.5) is 5.69 Å². The van der Waals surface area contributed by atoms with Gasteiger partial charge in [-0.25, -0.2) is 8.42 Å². The zero-order valence-electron chi connectivity index (χ0n) is 15.3. The monoisotopic (exact) mass is 365 g/mol. The highest BCUT2D eigenvalue weighted by atomic mass is 32.2. The second-order valence-corrected chi connectivity index (χ2v) is 8.13. The Balaban J connectivity index is 1.90. The van der Waals surface area contributed by atoms with E-state index < -0.39 is 10.0 Å². The largest absolute Gasteiger partial charge is 0.279 e. The van der Waals surface area contributed by atoms with Gasteiger partial charge in [0.05, 0.1) is 10.6 Å². The molecule has 3 rings (SSSR count). The smallest absolute Gasteiger partial charge is 0.261 e. The molecule has 0 aromatic heterocycles. The van der Waals surface area contributed by atoms with Crippen molar-refractivity contribution in [3.8, 4) is 11.1 Å². The molecule has 0 unspecified atom stereocenters. The van der Waals surface area contributed by atoms with Crippen LogP contribution in [0, 0.1) is 13.8 Å². The summed E-state index contributed by atoms with van der Waals surface area (Å²) in [7, 11) is -3.58. The molecule has 26 heavy (non-hydrogen) atoms. The minimum absolute atomic E-state index is 0.259. The van der Waals surface area contributed by atoms with Crippen LogP contribution in [0.1, 0.15) is 23.6 Å². The lowest BCUT2D eigenvalue weighted by atomic mass is 9.97. The number of sulfonamides is 1. The topological polar surface area (TPSA) is 46.2 Å². The molecule has 0 amide bonds. The van der Waals surface area contributed by atoms with Crippen molar-refractivity contribution in [3.05, 3.63) is 83.4 Å². The number of hydrogen-bond donors (Lipinski definition) is 1. The lowest BCUT2D eigenvalue weighted by molar-refractivity contribution is 0.601. The summed E-state index contributed by atoms with van der Waals surface area (Å²) in [6, 6.07) is 20.7. The summed E-state index contributed by atoms with van der Waals surface area (Å²) in [6.45, 7) is 6.19. The summed E-state index contributed by atoms with van der Waals surface area (Å²) in [6.07, 6.45) is 1.02. The summed E-state index contributed by atoms with van der Waals surface area (Å²) in [5.41, 5.74) is 6.32. The minimum Gasteiger partial charge on any atom is -0.279 e. The number of nitrogens with one attached hydrogen (secondary N) is 1. The van der Waals surface area contributed by atoms with Gasteiger partial charge in [-0.3, -0.25) is 4.72 Å². The van der Waals surface area contributed by atoms with Crippen molar-refractivity contribution in [2.24, 2.45) is 0 Å². The Hall–Kier alpha value is -2.59. The van der Waals surface area contributed by atoms with Crippen LogP contribution in [0.15, 0.2) is 71.6 Å². The zero-order valence-corrected chi connectivity index (χ0v) is 16.1. The third kappa shape index (κ3) is 3.81. The van der Waals surface area contributed by atoms with Crippen LogP contribution in [0.25, 0.3) is 11.1 Å². The van der Waals surface area contributed by atoms with Crippen LogP contribution in [-0.2, 0) is 16.4 Å². The average molecular weight is 365 g/mol. The van der Waals surface area contributed by atoms with Gasteiger partial charge in [0.15, 0.2) is 0 Å². The molecule has 0 aliphatic carbocycles. The van der Waals surface area contributed by atoms with E-state index in [0.29, 0.717) is 5.69 Å². The Morgan fingerprint density at radius 2 is 1.42 bits per heavy atom. The van der Waals surface area contributed by atoms with Gasteiger partial charge in [0.1, 0.15) is 0 Å². The van der Waals surface area contributed by atoms with E-state index >= 15 is 0 Å². The molecule has 3 nitrogen and oxygen atoms in total. The van der Waals surface area contributed by atoms with Crippen LogP contribution in [-0.4, -0.2) is 8.42 Å². The van der Waals surface area contributed by atoms with Crippen molar-refractivity contribution < 1.29 is 8.42 Å². The van der Waals surface area contributed by atoms with Gasteiger partial charge in [-0.1, -0.05) is 49.4 Å². The second-order valence-electron chi connectivity index (χ2n) is 6.44. The molecule has 3 aromatic rings. The van der Waals surface area contributed by atoms with Gasteiger partial charge in [-0.2, -0.15) is 0 Å². The molecule has 0 saturated carbocycles. The number of hydrogen-bond acceptors (Lipinski definition) is 2. The van der Waals surface area contributed by atoms with E-state index in [2.05, 4.69) is 36.8 Å². The minimum atomic E-state index is -3.58. The van der Waals surface area contributed by atoms with E-state index in [1.54, 1.807) is 30.3 Å². The van der Waals surface area contributed by atoms with Gasteiger partial charge < -0.3 is 0 Å². The first-order valence-corrected chi connectivity index (χ1v) is 10.2. The van der Waals surface area contributed by atoms with Crippen molar-refractivity contribution >= 4 is 15.7 Å². The number of anilines is 1. The first kappa shape index (κ1) is 18.2. The molecule has 0 aliphatic heterocycles. The Bertz CT molecular complexity index is 1030. The van der Waals surface area contributed by atoms with Gasteiger partial charge in [0.25, 0.3) is 10.0 Å². The molecule has 0 saturated heterocycles. The highest BCUT2D eigenvalue weighted by molar-refractivity contribution is 7.92. The second kappa shape index (κ2) is 7.34. The first-order chi connectivity index (χ1) is 12.4. The highest BCUT2D eigenvalue weighted by Crippen LogP contribution is 2.28. The third-order valence-corrected chi connectivity index (χ3v) is 5.96. The van der Waals surface area contributed by atoms with Crippen molar-refractivity contribution in [1.29, 1.82) is 0 Å². The lowest BCUT2D eigenvalue weighted by Crippen LogP contribution is -2.13. The fourth-order valence-electron chi connectivity index (χ4n) is 3.03. The van der Waals surface area contributed by atoms with Crippen molar-refractivity contribution in [2.45, 2.75) is 32.1 Å². The zero-order chi connectivity index (χ0) is 18.7. The SMILES string of the molecule is CCc1ccc(-c2ccc(NS(=O)(=O)c3ccccc3)c(C)c2)cc1C. The standard InChI is InChI=1S/C22H23NO2S/c1-4-18-10-11-19(14-16(18)2)20-12-13-22(17(3)15-20)23-26(24,25)21-8-6-5-7-9-21/h5-15,23H,4H2,1-3H3. The first-order valence-electron chi connectivity index (χ1n) is 8.69. The fourth-order valence-corrected chi connectivity index (χ4v) is 4.19. The van der Waals surface area contributed by atoms with Crippen LogP contribution in [0.5, 0.6) is 0 Å². The summed E-state index contributed by atoms with van der Waals surface area (Å²) in [5.74, 6) is 0. The average Bonchev–Trinajstić information content (AvgIpc) is 2.64. The number of rotatable bonds is 5. The Morgan fingerprint density at radius 3 is 2.00 bits per heavy atom. The third-order valence-electron chi connectivity index (χ3n) is 4.58. The van der Waals surface area contributed by atoms with E-state index in [-0.39, 0.29) is 4.90 Å². The molecule has 0 fully saturated rings. The van der Waals surface area contributed by atoms with Crippen molar-refractivity contribution in [2.75, 3.05) is 4.72 Å².